The van der Waals surface area contributed by atoms with E-state index >= 15 is 0 Å². The summed E-state index contributed by atoms with van der Waals surface area (Å²) in [6, 6.07) is 46.4. The van der Waals surface area contributed by atoms with Gasteiger partial charge in [0.25, 0.3) is 0 Å². The van der Waals surface area contributed by atoms with E-state index in [-0.39, 0.29) is 64.3 Å². The number of nitrogens with zero attached hydrogens (tertiary/aromatic N) is 4. The van der Waals surface area contributed by atoms with Crippen LogP contribution in [0.2, 0.25) is 0 Å². The smallest absolute Gasteiger partial charge is 0.654 e. The number of aromatic nitrogens is 2. The molecule has 15 heteroatoms. The summed E-state index contributed by atoms with van der Waals surface area (Å²) < 4.78 is 107. The van der Waals surface area contributed by atoms with Gasteiger partial charge in [0, 0.05) is 46.5 Å². The van der Waals surface area contributed by atoms with E-state index in [0.29, 0.717) is 44.8 Å². The Morgan fingerprint density at radius 3 is 1.00 bits per heavy atom. The average molecular weight is 952 g/mol. The van der Waals surface area contributed by atoms with E-state index in [9.17, 15) is 26.3 Å². The zero-order chi connectivity index (χ0) is 45.2. The molecule has 6 aromatic heterocycles. The van der Waals surface area contributed by atoms with Gasteiger partial charge in [0.1, 0.15) is 44.9 Å². The molecule has 0 fully saturated rings. The van der Waals surface area contributed by atoms with Gasteiger partial charge in [-0.15, -0.1) is 11.4 Å². The standard InChI is InChI=1S/2C26H14F3N2O2.Zn/c2*27-26(28,29)25(19-13-23-17(30-19)11-21(32-23)15-7-3-1-4-8-15)20-14-24-18(31-20)12-22(33-24)16-9-5-2-6-10-16;/h2*1-14H;/q2*-1;+2/b2*25-19+;. The second kappa shape index (κ2) is 16.8. The second-order valence-electron chi connectivity index (χ2n) is 15.2. The Labute approximate surface area is 387 Å². The van der Waals surface area contributed by atoms with Crippen molar-refractivity contribution in [3.8, 4) is 45.3 Å². The van der Waals surface area contributed by atoms with Crippen molar-refractivity contribution in [2.75, 3.05) is 0 Å². The first-order valence-electron chi connectivity index (χ1n) is 20.3. The van der Waals surface area contributed by atoms with Gasteiger partial charge in [0.15, 0.2) is 10.8 Å². The van der Waals surface area contributed by atoms with Crippen LogP contribution in [-0.4, -0.2) is 12.4 Å². The van der Waals surface area contributed by atoms with Crippen molar-refractivity contribution in [2.24, 2.45) is 9.98 Å². The van der Waals surface area contributed by atoms with E-state index in [4.69, 9.17) is 17.7 Å². The average Bonchev–Trinajstić information content (AvgIpc) is 4.16. The van der Waals surface area contributed by atoms with Crippen molar-refractivity contribution in [3.63, 3.8) is 0 Å². The van der Waals surface area contributed by atoms with Crippen LogP contribution in [0.1, 0.15) is 11.4 Å². The topological polar surface area (TPSA) is 105 Å². The summed E-state index contributed by atoms with van der Waals surface area (Å²) in [6.45, 7) is 0. The molecule has 10 aromatic rings. The SMILES string of the molecule is FC(F)(F)/C(=C1\C=c2oc(-c3ccccc3)cc2=N1)c1cc2oc(-c3ccccc3)cc2[n-]1.FC(F)(F)/C(=C1\C=c2oc(-c3ccccc3)cc2=N1)c1cc2oc(-c3ccccc3)cc2[n-]1.[Zn+2]. The fourth-order valence-corrected chi connectivity index (χ4v) is 7.82. The third kappa shape index (κ3) is 8.34. The maximum Gasteiger partial charge on any atom is 2.00 e. The summed E-state index contributed by atoms with van der Waals surface area (Å²) in [5.74, 6) is 2.19. The first-order chi connectivity index (χ1) is 31.9. The van der Waals surface area contributed by atoms with Gasteiger partial charge in [0.05, 0.1) is 22.5 Å². The van der Waals surface area contributed by atoms with E-state index in [1.807, 2.05) is 121 Å². The quantitative estimate of drug-likeness (QED) is 0.121. The molecule has 0 aliphatic carbocycles. The van der Waals surface area contributed by atoms with E-state index < -0.39 is 23.5 Å². The Hall–Kier alpha value is -7.90. The predicted molar refractivity (Wildman–Crippen MR) is 235 cm³/mol. The Bertz CT molecular complexity index is 3400. The fraction of sp³-hybridized carbons (Fsp3) is 0.0385. The van der Waals surface area contributed by atoms with Gasteiger partial charge in [-0.3, -0.25) is 0 Å². The molecule has 4 aromatic carbocycles. The molecule has 0 saturated carbocycles. The Kier molecular flexibility index (Phi) is 10.8. The van der Waals surface area contributed by atoms with E-state index in [0.717, 1.165) is 22.3 Å². The molecule has 2 aliphatic heterocycles. The third-order valence-corrected chi connectivity index (χ3v) is 10.8. The second-order valence-corrected chi connectivity index (χ2v) is 15.2. The van der Waals surface area contributed by atoms with Gasteiger partial charge in [0.2, 0.25) is 0 Å². The molecule has 0 bridgehead atoms. The molecule has 0 atom stereocenters. The predicted octanol–water partition coefficient (Wildman–Crippen LogP) is 11.4. The van der Waals surface area contributed by atoms with Crippen molar-refractivity contribution in [1.82, 2.24) is 9.97 Å². The molecule has 0 spiro atoms. The number of fused-ring (bicyclic) bond motifs is 4. The van der Waals surface area contributed by atoms with Gasteiger partial charge in [-0.2, -0.15) is 26.3 Å². The van der Waals surface area contributed by atoms with Gasteiger partial charge in [-0.1, -0.05) is 132 Å². The monoisotopic (exact) mass is 950 g/mol. The van der Waals surface area contributed by atoms with Crippen molar-refractivity contribution in [1.29, 1.82) is 0 Å². The number of rotatable bonds is 6. The summed E-state index contributed by atoms with van der Waals surface area (Å²) in [5.41, 5.74) is 2.34. The van der Waals surface area contributed by atoms with Crippen LogP contribution in [0.15, 0.2) is 197 Å². The van der Waals surface area contributed by atoms with Gasteiger partial charge in [-0.25, -0.2) is 9.98 Å². The van der Waals surface area contributed by atoms with Crippen molar-refractivity contribution >= 4 is 45.5 Å². The molecule has 8 heterocycles. The van der Waals surface area contributed by atoms with Crippen molar-refractivity contribution in [2.45, 2.75) is 12.4 Å². The summed E-state index contributed by atoms with van der Waals surface area (Å²) in [5, 5.41) is 0.708. The fourth-order valence-electron chi connectivity index (χ4n) is 7.82. The summed E-state index contributed by atoms with van der Waals surface area (Å²) in [4.78, 5) is 16.8. The van der Waals surface area contributed by atoms with Crippen LogP contribution in [-0.2, 0) is 19.5 Å². The molecule has 8 nitrogen and oxygen atoms in total. The number of benzene rings is 4. The normalized spacial score (nSPS) is 14.5. The van der Waals surface area contributed by atoms with Crippen LogP contribution in [0.4, 0.5) is 26.3 Å². The summed E-state index contributed by atoms with van der Waals surface area (Å²) in [6.07, 6.45) is -6.72. The third-order valence-electron chi connectivity index (χ3n) is 10.8. The first-order valence-corrected chi connectivity index (χ1v) is 20.3. The van der Waals surface area contributed by atoms with Gasteiger partial charge >= 0.3 is 31.8 Å². The van der Waals surface area contributed by atoms with Crippen LogP contribution in [0.3, 0.4) is 0 Å². The van der Waals surface area contributed by atoms with Crippen LogP contribution in [0, 0.1) is 0 Å². The molecule has 12 rings (SSSR count). The van der Waals surface area contributed by atoms with Crippen LogP contribution in [0.5, 0.6) is 0 Å². The van der Waals surface area contributed by atoms with E-state index in [1.165, 1.54) is 24.3 Å². The zero-order valence-electron chi connectivity index (χ0n) is 34.6. The molecule has 0 radical (unpaired) electrons. The largest absolute Gasteiger partial charge is 2.00 e. The van der Waals surface area contributed by atoms with Crippen molar-refractivity contribution < 1.29 is 63.5 Å². The number of alkyl halides is 6. The number of halogens is 6. The molecule has 0 unspecified atom stereocenters. The minimum absolute atomic E-state index is 0. The van der Waals surface area contributed by atoms with Gasteiger partial charge in [-0.05, 0) is 24.3 Å². The Morgan fingerprint density at radius 1 is 0.403 bits per heavy atom. The van der Waals surface area contributed by atoms with E-state index in [2.05, 4.69) is 20.0 Å². The number of allylic oxidation sites excluding steroid dienone is 4. The molecule has 0 N–H and O–H groups in total. The Balaban J connectivity index is 0.000000154. The van der Waals surface area contributed by atoms with Crippen LogP contribution < -0.4 is 31.5 Å². The number of hydrogen-bond donors (Lipinski definition) is 0. The van der Waals surface area contributed by atoms with Crippen molar-refractivity contribution in [3.05, 3.63) is 202 Å². The van der Waals surface area contributed by atoms with Crippen LogP contribution in [0.25, 0.3) is 90.8 Å². The zero-order valence-corrected chi connectivity index (χ0v) is 37.5. The molecular formula is C52H28F6N4O4Zn. The summed E-state index contributed by atoms with van der Waals surface area (Å²) in [7, 11) is 0. The number of furan rings is 4. The molecule has 2 aliphatic rings. The number of hydrogen-bond acceptors (Lipinski definition) is 6. The van der Waals surface area contributed by atoms with E-state index in [1.54, 1.807) is 24.3 Å². The maximum atomic E-state index is 14.1. The molecule has 324 valence electrons. The maximum absolute atomic E-state index is 14.1. The molecule has 0 saturated heterocycles. The summed E-state index contributed by atoms with van der Waals surface area (Å²) >= 11 is 0. The molecule has 67 heavy (non-hydrogen) atoms. The Morgan fingerprint density at radius 2 is 0.716 bits per heavy atom. The van der Waals surface area contributed by atoms with Crippen LogP contribution >= 0.6 is 0 Å². The van der Waals surface area contributed by atoms with Gasteiger partial charge < -0.3 is 27.6 Å². The minimum atomic E-state index is -4.66. The molecular weight excluding hydrogens is 924 g/mol. The minimum Gasteiger partial charge on any atom is -0.654 e. The first kappa shape index (κ1) is 43.0. The molecule has 0 amide bonds.